The molecular weight excluding hydrogens is 434 g/mol. The van der Waals surface area contributed by atoms with Crippen molar-refractivity contribution in [3.63, 3.8) is 0 Å². The number of hydrogen-bond acceptors (Lipinski definition) is 5. The van der Waals surface area contributed by atoms with Gasteiger partial charge in [-0.25, -0.2) is 0 Å². The highest BCUT2D eigenvalue weighted by Gasteiger charge is 2.71. The van der Waals surface area contributed by atoms with Gasteiger partial charge in [0.15, 0.2) is 0 Å². The Morgan fingerprint density at radius 1 is 1.06 bits per heavy atom. The summed E-state index contributed by atoms with van der Waals surface area (Å²) in [5.74, 6) is -1.72. The Bertz CT molecular complexity index is 857. The molecule has 4 aliphatic heterocycles. The minimum absolute atomic E-state index is 0.0330. The molecule has 2 unspecified atom stereocenters. The summed E-state index contributed by atoms with van der Waals surface area (Å²) in [5, 5.41) is 9.30. The molecule has 0 aromatic rings. The van der Waals surface area contributed by atoms with Crippen LogP contribution in [0.1, 0.15) is 52.9 Å². The van der Waals surface area contributed by atoms with E-state index in [4.69, 9.17) is 4.74 Å². The predicted octanol–water partition coefficient (Wildman–Crippen LogP) is 1.74. The normalized spacial score (nSPS) is 33.6. The van der Waals surface area contributed by atoms with Gasteiger partial charge in [-0.3, -0.25) is 14.4 Å². The summed E-state index contributed by atoms with van der Waals surface area (Å²) in [6.07, 6.45) is 11.0. The minimum Gasteiger partial charge on any atom is -0.396 e. The molecule has 4 aliphatic rings. The first-order chi connectivity index (χ1) is 16.4. The number of carbonyl (C=O) groups excluding carboxylic acids is 3. The van der Waals surface area contributed by atoms with E-state index < -0.39 is 29.6 Å². The number of nitrogens with zero attached hydrogens (tertiary/aromatic N) is 3. The summed E-state index contributed by atoms with van der Waals surface area (Å²) in [5.41, 5.74) is -1.15. The molecule has 2 saturated heterocycles. The molecule has 34 heavy (non-hydrogen) atoms. The molecule has 4 rings (SSSR count). The maximum Gasteiger partial charge on any atom is 0.249 e. The zero-order chi connectivity index (χ0) is 24.5. The van der Waals surface area contributed by atoms with E-state index in [0.29, 0.717) is 39.0 Å². The quantitative estimate of drug-likeness (QED) is 0.407. The zero-order valence-electron chi connectivity index (χ0n) is 20.7. The van der Waals surface area contributed by atoms with Gasteiger partial charge in [0.05, 0.1) is 17.9 Å². The lowest BCUT2D eigenvalue weighted by Gasteiger charge is -2.37. The summed E-state index contributed by atoms with van der Waals surface area (Å²) in [6.45, 7) is 8.18. The molecule has 3 amide bonds. The number of ether oxygens (including phenoxy) is 1. The average Bonchev–Trinajstić information content (AvgIpc) is 3.12. The van der Waals surface area contributed by atoms with Crippen LogP contribution in [0.25, 0.3) is 0 Å². The van der Waals surface area contributed by atoms with Crippen molar-refractivity contribution >= 4 is 17.7 Å². The third-order valence-corrected chi connectivity index (χ3v) is 7.81. The highest BCUT2D eigenvalue weighted by Crippen LogP contribution is 2.53. The van der Waals surface area contributed by atoms with Crippen LogP contribution in [-0.2, 0) is 19.1 Å². The molecule has 8 heteroatoms. The van der Waals surface area contributed by atoms with Crippen molar-refractivity contribution in [2.24, 2.45) is 11.8 Å². The summed E-state index contributed by atoms with van der Waals surface area (Å²) < 4.78 is 6.62. The van der Waals surface area contributed by atoms with Crippen molar-refractivity contribution in [2.75, 3.05) is 32.8 Å². The van der Waals surface area contributed by atoms with Crippen LogP contribution in [-0.4, -0.2) is 94.1 Å². The number of likely N-dealkylation sites (tertiary alicyclic amines) is 1. The highest BCUT2D eigenvalue weighted by atomic mass is 16.5. The SMILES string of the molecule is CCCC(C)N1CC=C[C@]23O[C@@H]4C=CCN(CCC)C(=O)[C@@H]4[C@H]2C(=O)N(CCCCO)C3C1=O. The highest BCUT2D eigenvalue weighted by molar-refractivity contribution is 5.99. The number of carbonyl (C=O) groups is 3. The minimum atomic E-state index is -1.15. The van der Waals surface area contributed by atoms with E-state index in [1.54, 1.807) is 9.80 Å². The molecule has 0 radical (unpaired) electrons. The summed E-state index contributed by atoms with van der Waals surface area (Å²) in [4.78, 5) is 47.0. The number of aliphatic hydroxyl groups excluding tert-OH is 1. The Hall–Kier alpha value is -2.19. The molecule has 1 N–H and O–H groups in total. The zero-order valence-corrected chi connectivity index (χ0v) is 20.7. The third kappa shape index (κ3) is 3.98. The number of hydrogen-bond donors (Lipinski definition) is 1. The molecule has 0 aliphatic carbocycles. The molecule has 0 bridgehead atoms. The van der Waals surface area contributed by atoms with Crippen LogP contribution in [0, 0.1) is 11.8 Å². The van der Waals surface area contributed by atoms with Gasteiger partial charge in [-0.15, -0.1) is 0 Å². The molecule has 0 aromatic heterocycles. The fraction of sp³-hybridized carbons (Fsp3) is 0.731. The van der Waals surface area contributed by atoms with Gasteiger partial charge in [-0.2, -0.15) is 0 Å². The van der Waals surface area contributed by atoms with Crippen molar-refractivity contribution < 1.29 is 24.2 Å². The third-order valence-electron chi connectivity index (χ3n) is 7.81. The molecule has 2 fully saturated rings. The van der Waals surface area contributed by atoms with Gasteiger partial charge in [-0.05, 0) is 32.6 Å². The number of unbranched alkanes of at least 4 members (excludes halogenated alkanes) is 1. The molecular formula is C26H39N3O5. The van der Waals surface area contributed by atoms with Crippen LogP contribution in [0.15, 0.2) is 24.3 Å². The largest absolute Gasteiger partial charge is 0.396 e. The smallest absolute Gasteiger partial charge is 0.249 e. The van der Waals surface area contributed by atoms with Gasteiger partial charge in [0, 0.05) is 38.8 Å². The summed E-state index contributed by atoms with van der Waals surface area (Å²) in [7, 11) is 0. The van der Waals surface area contributed by atoms with Crippen molar-refractivity contribution in [2.45, 2.75) is 76.7 Å². The van der Waals surface area contributed by atoms with E-state index in [2.05, 4.69) is 6.92 Å². The number of rotatable bonds is 9. The van der Waals surface area contributed by atoms with Crippen molar-refractivity contribution in [1.29, 1.82) is 0 Å². The molecule has 4 heterocycles. The lowest BCUT2D eigenvalue weighted by molar-refractivity contribution is -0.149. The Morgan fingerprint density at radius 2 is 1.85 bits per heavy atom. The van der Waals surface area contributed by atoms with Crippen LogP contribution in [0.5, 0.6) is 0 Å². The van der Waals surface area contributed by atoms with Crippen LogP contribution in [0.2, 0.25) is 0 Å². The van der Waals surface area contributed by atoms with Crippen LogP contribution in [0.3, 0.4) is 0 Å². The molecule has 0 aromatic carbocycles. The van der Waals surface area contributed by atoms with Gasteiger partial charge in [0.1, 0.15) is 11.6 Å². The maximum absolute atomic E-state index is 14.0. The van der Waals surface area contributed by atoms with Crippen LogP contribution < -0.4 is 0 Å². The van der Waals surface area contributed by atoms with Gasteiger partial charge in [0.2, 0.25) is 17.7 Å². The standard InChI is InChI=1S/C26H39N3O5/c1-4-10-18(3)28-16-9-12-26-21(24(32)29(15-6-7-17-30)22(26)25(28)33)20-19(34-26)11-8-14-27(13-5-2)23(20)31/h8-9,11-12,18-22,30H,4-7,10,13-17H2,1-3H3/t18?,19-,20+,21+,22?,26+/m1/s1. The fourth-order valence-corrected chi connectivity index (χ4v) is 6.28. The van der Waals surface area contributed by atoms with Gasteiger partial charge in [0.25, 0.3) is 0 Å². The first-order valence-corrected chi connectivity index (χ1v) is 12.9. The Labute approximate surface area is 202 Å². The lowest BCUT2D eigenvalue weighted by Crippen LogP contribution is -2.56. The number of amides is 3. The topological polar surface area (TPSA) is 90.4 Å². The number of aliphatic hydroxyl groups is 1. The summed E-state index contributed by atoms with van der Waals surface area (Å²) >= 11 is 0. The van der Waals surface area contributed by atoms with Crippen molar-refractivity contribution in [1.82, 2.24) is 14.7 Å². The van der Waals surface area contributed by atoms with Gasteiger partial charge in [-0.1, -0.05) is 44.6 Å². The van der Waals surface area contributed by atoms with Crippen LogP contribution in [0.4, 0.5) is 0 Å². The Morgan fingerprint density at radius 3 is 2.56 bits per heavy atom. The van der Waals surface area contributed by atoms with Gasteiger partial charge >= 0.3 is 0 Å². The van der Waals surface area contributed by atoms with Crippen molar-refractivity contribution in [3.8, 4) is 0 Å². The first-order valence-electron chi connectivity index (χ1n) is 12.9. The van der Waals surface area contributed by atoms with E-state index in [9.17, 15) is 19.5 Å². The monoisotopic (exact) mass is 473 g/mol. The maximum atomic E-state index is 14.0. The first kappa shape index (κ1) is 24.9. The molecule has 1 spiro atoms. The molecule has 6 atom stereocenters. The van der Waals surface area contributed by atoms with Crippen LogP contribution >= 0.6 is 0 Å². The van der Waals surface area contributed by atoms with E-state index in [0.717, 1.165) is 19.3 Å². The van der Waals surface area contributed by atoms with Gasteiger partial charge < -0.3 is 24.5 Å². The molecule has 188 valence electrons. The van der Waals surface area contributed by atoms with E-state index in [-0.39, 0.29) is 30.4 Å². The fourth-order valence-electron chi connectivity index (χ4n) is 6.28. The average molecular weight is 474 g/mol. The second-order valence-corrected chi connectivity index (χ2v) is 10.0. The number of fused-ring (bicyclic) bond motifs is 2. The van der Waals surface area contributed by atoms with E-state index >= 15 is 0 Å². The predicted molar refractivity (Wildman–Crippen MR) is 128 cm³/mol. The second kappa shape index (κ2) is 10.2. The van der Waals surface area contributed by atoms with E-state index in [1.165, 1.54) is 0 Å². The van der Waals surface area contributed by atoms with Crippen molar-refractivity contribution in [3.05, 3.63) is 24.3 Å². The molecule has 0 saturated carbocycles. The lowest BCUT2D eigenvalue weighted by atomic mass is 9.77. The second-order valence-electron chi connectivity index (χ2n) is 10.0. The van der Waals surface area contributed by atoms with E-state index in [1.807, 2.05) is 43.1 Å². The molecule has 8 nitrogen and oxygen atoms in total. The Kier molecular flexibility index (Phi) is 7.48. The Balaban J connectivity index is 1.76. The summed E-state index contributed by atoms with van der Waals surface area (Å²) in [6, 6.07) is -0.756.